The molecule has 0 amide bonds. The Kier molecular flexibility index (Phi) is 3.60. The summed E-state index contributed by atoms with van der Waals surface area (Å²) in [6.45, 7) is 1.66. The van der Waals surface area contributed by atoms with E-state index in [-0.39, 0.29) is 11.6 Å². The van der Waals surface area contributed by atoms with Crippen molar-refractivity contribution in [2.45, 2.75) is 6.92 Å². The van der Waals surface area contributed by atoms with E-state index in [2.05, 4.69) is 15.5 Å². The molecule has 0 radical (unpaired) electrons. The zero-order valence-corrected chi connectivity index (χ0v) is 10.3. The van der Waals surface area contributed by atoms with Crippen molar-refractivity contribution in [3.05, 3.63) is 46.4 Å². The first-order valence-corrected chi connectivity index (χ1v) is 5.49. The van der Waals surface area contributed by atoms with E-state index >= 15 is 0 Å². The highest BCUT2D eigenvalue weighted by Crippen LogP contribution is 2.15. The molecule has 0 spiro atoms. The summed E-state index contributed by atoms with van der Waals surface area (Å²) in [5.41, 5.74) is 3.64. The van der Waals surface area contributed by atoms with Crippen LogP contribution in [0.25, 0.3) is 0 Å². The van der Waals surface area contributed by atoms with Crippen LogP contribution >= 0.6 is 11.6 Å². The van der Waals surface area contributed by atoms with E-state index in [0.29, 0.717) is 10.9 Å². The van der Waals surface area contributed by atoms with E-state index in [1.165, 1.54) is 0 Å². The number of nitrogens with zero attached hydrogens (tertiary/aromatic N) is 3. The summed E-state index contributed by atoms with van der Waals surface area (Å²) in [5, 5.41) is 13.4. The van der Waals surface area contributed by atoms with Crippen molar-refractivity contribution < 1.29 is 4.42 Å². The fraction of sp³-hybridized carbons (Fsp3) is 0.0833. The summed E-state index contributed by atoms with van der Waals surface area (Å²) in [6, 6.07) is 9.13. The Bertz CT molecular complexity index is 627. The molecule has 0 aliphatic rings. The molecule has 1 aromatic carbocycles. The molecule has 0 atom stereocenters. The molecule has 2 rings (SSSR count). The molecular weight excluding hydrogens is 252 g/mol. The SMILES string of the molecule is Cc1nc(C#N)c(N/N=C/c2cccc(Cl)c2)o1. The Morgan fingerprint density at radius 3 is 3.11 bits per heavy atom. The quantitative estimate of drug-likeness (QED) is 0.680. The highest BCUT2D eigenvalue weighted by molar-refractivity contribution is 6.30. The van der Waals surface area contributed by atoms with Gasteiger partial charge in [-0.2, -0.15) is 10.4 Å². The number of hydrogen-bond acceptors (Lipinski definition) is 5. The summed E-state index contributed by atoms with van der Waals surface area (Å²) in [6.07, 6.45) is 1.57. The van der Waals surface area contributed by atoms with E-state index in [9.17, 15) is 0 Å². The number of nitriles is 1. The van der Waals surface area contributed by atoms with Crippen molar-refractivity contribution in [2.75, 3.05) is 5.43 Å². The Morgan fingerprint density at radius 2 is 2.39 bits per heavy atom. The van der Waals surface area contributed by atoms with Crippen molar-refractivity contribution in [3.63, 3.8) is 0 Å². The van der Waals surface area contributed by atoms with Gasteiger partial charge >= 0.3 is 0 Å². The van der Waals surface area contributed by atoms with Gasteiger partial charge in [0.15, 0.2) is 5.89 Å². The maximum absolute atomic E-state index is 8.80. The number of oxazole rings is 1. The van der Waals surface area contributed by atoms with Crippen LogP contribution in [0.5, 0.6) is 0 Å². The van der Waals surface area contributed by atoms with Gasteiger partial charge in [0.2, 0.25) is 5.69 Å². The molecule has 0 bridgehead atoms. The Hall–Kier alpha value is -2.32. The van der Waals surface area contributed by atoms with Gasteiger partial charge in [-0.25, -0.2) is 10.4 Å². The Balaban J connectivity index is 2.10. The van der Waals surface area contributed by atoms with Crippen LogP contribution < -0.4 is 5.43 Å². The smallest absolute Gasteiger partial charge is 0.252 e. The first-order chi connectivity index (χ1) is 8.69. The van der Waals surface area contributed by atoms with Gasteiger partial charge in [-0.1, -0.05) is 23.7 Å². The molecule has 0 aliphatic carbocycles. The molecule has 0 unspecified atom stereocenters. The van der Waals surface area contributed by atoms with Gasteiger partial charge in [0.05, 0.1) is 6.21 Å². The third-order valence-electron chi connectivity index (χ3n) is 2.07. The molecule has 5 nitrogen and oxygen atoms in total. The van der Waals surface area contributed by atoms with E-state index < -0.39 is 0 Å². The second-order valence-corrected chi connectivity index (χ2v) is 3.88. The van der Waals surface area contributed by atoms with E-state index in [1.54, 1.807) is 25.3 Å². The summed E-state index contributed by atoms with van der Waals surface area (Å²) in [7, 11) is 0. The number of rotatable bonds is 3. The third kappa shape index (κ3) is 2.87. The average Bonchev–Trinajstić information content (AvgIpc) is 2.70. The van der Waals surface area contributed by atoms with Crippen molar-refractivity contribution in [1.29, 1.82) is 5.26 Å². The minimum Gasteiger partial charge on any atom is -0.422 e. The summed E-state index contributed by atoms with van der Waals surface area (Å²) < 4.78 is 5.18. The average molecular weight is 261 g/mol. The predicted octanol–water partition coefficient (Wildman–Crippen LogP) is 2.95. The van der Waals surface area contributed by atoms with Gasteiger partial charge in [0.1, 0.15) is 6.07 Å². The lowest BCUT2D eigenvalue weighted by Gasteiger charge is -1.95. The van der Waals surface area contributed by atoms with Crippen LogP contribution in [0.2, 0.25) is 5.02 Å². The lowest BCUT2D eigenvalue weighted by atomic mass is 10.2. The molecule has 1 N–H and O–H groups in total. The number of nitrogens with one attached hydrogen (secondary N) is 1. The van der Waals surface area contributed by atoms with Gasteiger partial charge < -0.3 is 4.42 Å². The maximum Gasteiger partial charge on any atom is 0.252 e. The van der Waals surface area contributed by atoms with Gasteiger partial charge in [-0.3, -0.25) is 0 Å². The van der Waals surface area contributed by atoms with Crippen LogP contribution in [0.15, 0.2) is 33.8 Å². The normalized spacial score (nSPS) is 10.5. The fourth-order valence-corrected chi connectivity index (χ4v) is 1.53. The van der Waals surface area contributed by atoms with Crippen molar-refractivity contribution in [3.8, 4) is 6.07 Å². The number of halogens is 1. The summed E-state index contributed by atoms with van der Waals surface area (Å²) >= 11 is 5.84. The first kappa shape index (κ1) is 12.1. The number of aryl methyl sites for hydroxylation is 1. The fourth-order valence-electron chi connectivity index (χ4n) is 1.33. The zero-order valence-electron chi connectivity index (χ0n) is 9.51. The number of hydrogen-bond donors (Lipinski definition) is 1. The third-order valence-corrected chi connectivity index (χ3v) is 2.30. The molecule has 0 saturated heterocycles. The molecule has 0 fully saturated rings. The van der Waals surface area contributed by atoms with E-state index in [4.69, 9.17) is 21.3 Å². The number of anilines is 1. The predicted molar refractivity (Wildman–Crippen MR) is 68.6 cm³/mol. The zero-order chi connectivity index (χ0) is 13.0. The lowest BCUT2D eigenvalue weighted by Crippen LogP contribution is -1.91. The first-order valence-electron chi connectivity index (χ1n) is 5.11. The largest absolute Gasteiger partial charge is 0.422 e. The molecule has 2 aromatic rings. The highest BCUT2D eigenvalue weighted by atomic mass is 35.5. The van der Waals surface area contributed by atoms with E-state index in [0.717, 1.165) is 5.56 Å². The highest BCUT2D eigenvalue weighted by Gasteiger charge is 2.08. The minimum atomic E-state index is 0.177. The van der Waals surface area contributed by atoms with Crippen LogP contribution in [-0.2, 0) is 0 Å². The van der Waals surface area contributed by atoms with Gasteiger partial charge in [0, 0.05) is 11.9 Å². The Labute approximate surface area is 109 Å². The molecule has 1 heterocycles. The van der Waals surface area contributed by atoms with Crippen molar-refractivity contribution in [2.24, 2.45) is 5.10 Å². The van der Waals surface area contributed by atoms with Crippen LogP contribution in [0.1, 0.15) is 17.1 Å². The van der Waals surface area contributed by atoms with Crippen LogP contribution in [0, 0.1) is 18.3 Å². The van der Waals surface area contributed by atoms with Crippen LogP contribution in [0.4, 0.5) is 5.88 Å². The number of hydrazone groups is 1. The molecule has 6 heteroatoms. The van der Waals surface area contributed by atoms with Crippen molar-refractivity contribution in [1.82, 2.24) is 4.98 Å². The van der Waals surface area contributed by atoms with Crippen LogP contribution in [0.3, 0.4) is 0 Å². The molecule has 1 aromatic heterocycles. The molecule has 90 valence electrons. The standard InChI is InChI=1S/C12H9ClN4O/c1-8-16-11(6-14)12(18-8)17-15-7-9-3-2-4-10(13)5-9/h2-5,7,17H,1H3/b15-7+. The molecule has 18 heavy (non-hydrogen) atoms. The number of aromatic nitrogens is 1. The monoisotopic (exact) mass is 260 g/mol. The van der Waals surface area contributed by atoms with Gasteiger partial charge in [-0.05, 0) is 17.7 Å². The topological polar surface area (TPSA) is 74.2 Å². The lowest BCUT2D eigenvalue weighted by molar-refractivity contribution is 0.533. The maximum atomic E-state index is 8.80. The van der Waals surface area contributed by atoms with Crippen LogP contribution in [-0.4, -0.2) is 11.2 Å². The van der Waals surface area contributed by atoms with Gasteiger partial charge in [0.25, 0.3) is 5.88 Å². The van der Waals surface area contributed by atoms with Crippen molar-refractivity contribution >= 4 is 23.7 Å². The summed E-state index contributed by atoms with van der Waals surface area (Å²) in [4.78, 5) is 3.88. The Morgan fingerprint density at radius 1 is 1.56 bits per heavy atom. The minimum absolute atomic E-state index is 0.177. The molecule has 0 aliphatic heterocycles. The molecule has 0 saturated carbocycles. The second-order valence-electron chi connectivity index (χ2n) is 3.45. The second kappa shape index (κ2) is 5.34. The number of benzene rings is 1. The summed E-state index contributed by atoms with van der Waals surface area (Å²) in [5.74, 6) is 0.639. The molecular formula is C12H9ClN4O. The van der Waals surface area contributed by atoms with E-state index in [1.807, 2.05) is 18.2 Å². The van der Waals surface area contributed by atoms with Gasteiger partial charge in [-0.15, -0.1) is 0 Å².